The van der Waals surface area contributed by atoms with Crippen LogP contribution >= 0.6 is 0 Å². The molecule has 1 aromatic carbocycles. The largest absolute Gasteiger partial charge is 0.289 e. The third-order valence-corrected chi connectivity index (χ3v) is 3.62. The van der Waals surface area contributed by atoms with Gasteiger partial charge in [0.2, 0.25) is 0 Å². The van der Waals surface area contributed by atoms with Crippen molar-refractivity contribution in [2.24, 2.45) is 10.4 Å². The van der Waals surface area contributed by atoms with E-state index < -0.39 is 0 Å². The van der Waals surface area contributed by atoms with E-state index in [9.17, 15) is 0 Å². The maximum atomic E-state index is 4.87. The van der Waals surface area contributed by atoms with Crippen LogP contribution in [0, 0.1) is 5.41 Å². The number of allylic oxidation sites excluding steroid dienone is 3. The molecule has 1 heterocycles. The number of benzene rings is 1. The highest BCUT2D eigenvalue weighted by Gasteiger charge is 2.15. The number of rotatable bonds is 1. The average molecular weight is 267 g/mol. The van der Waals surface area contributed by atoms with Gasteiger partial charge in [0.15, 0.2) is 0 Å². The van der Waals surface area contributed by atoms with Gasteiger partial charge in [-0.25, -0.2) is 0 Å². The zero-order valence-electron chi connectivity index (χ0n) is 12.6. The van der Waals surface area contributed by atoms with Gasteiger partial charge in [-0.05, 0) is 31.2 Å². The molecule has 106 valence electrons. The van der Waals surface area contributed by atoms with E-state index in [-0.39, 0.29) is 11.5 Å². The molecule has 1 nitrogen and oxygen atoms in total. The smallest absolute Gasteiger partial charge is 0.0779 e. The van der Waals surface area contributed by atoms with Crippen molar-refractivity contribution in [3.8, 4) is 0 Å². The minimum absolute atomic E-state index is 0.131. The topological polar surface area (TPSA) is 12.4 Å². The fourth-order valence-corrected chi connectivity index (χ4v) is 2.34. The highest BCUT2D eigenvalue weighted by Crippen LogP contribution is 2.25. The third-order valence-electron chi connectivity index (χ3n) is 3.62. The summed E-state index contributed by atoms with van der Waals surface area (Å²) in [5, 5.41) is 0. The van der Waals surface area contributed by atoms with Gasteiger partial charge in [-0.2, -0.15) is 0 Å². The van der Waals surface area contributed by atoms with Crippen LogP contribution in [0.2, 0.25) is 0 Å². The van der Waals surface area contributed by atoms with E-state index in [1.54, 1.807) is 0 Å². The lowest BCUT2D eigenvalue weighted by molar-refractivity contribution is 0.538. The average Bonchev–Trinajstić information content (AvgIpc) is 2.44. The molecule has 0 aliphatic carbocycles. The Morgan fingerprint density at radius 2 is 1.65 bits per heavy atom. The normalized spacial score (nSPS) is 27.8. The highest BCUT2D eigenvalue weighted by molar-refractivity contribution is 5.65. The number of hydrogen-bond donors (Lipinski definition) is 0. The van der Waals surface area contributed by atoms with Gasteiger partial charge < -0.3 is 0 Å². The zero-order valence-corrected chi connectivity index (χ0v) is 12.6. The second-order valence-electron chi connectivity index (χ2n) is 6.15. The number of hydrogen-bond acceptors (Lipinski definition) is 1. The Balaban J connectivity index is 2.22. The van der Waals surface area contributed by atoms with Crippen LogP contribution in [0.3, 0.4) is 0 Å². The Morgan fingerprint density at radius 3 is 2.40 bits per heavy atom. The summed E-state index contributed by atoms with van der Waals surface area (Å²) in [6, 6.07) is 10.9. The summed E-state index contributed by atoms with van der Waals surface area (Å²) in [7, 11) is 0. The van der Waals surface area contributed by atoms with Crippen molar-refractivity contribution in [3.63, 3.8) is 0 Å². The second kappa shape index (κ2) is 7.23. The summed E-state index contributed by atoms with van der Waals surface area (Å²) < 4.78 is 0. The Morgan fingerprint density at radius 1 is 0.950 bits per heavy atom. The standard InChI is InChI=1S/C19H25N/c1-19(2)15-11-6-4-3-5-10-14-18(20-16-19)17-12-8-7-9-13-17/h5-13,16,18H,3-4,14-15H2,1-2H3/b10-5+,11-6+,20-16+. The lowest BCUT2D eigenvalue weighted by atomic mass is 9.90. The van der Waals surface area contributed by atoms with Crippen molar-refractivity contribution in [1.29, 1.82) is 0 Å². The van der Waals surface area contributed by atoms with Crippen LogP contribution in [-0.2, 0) is 0 Å². The van der Waals surface area contributed by atoms with E-state index in [0.717, 1.165) is 25.7 Å². The van der Waals surface area contributed by atoms with Crippen LogP contribution in [0.1, 0.15) is 51.1 Å². The van der Waals surface area contributed by atoms with Crippen molar-refractivity contribution in [3.05, 3.63) is 60.2 Å². The maximum Gasteiger partial charge on any atom is 0.0779 e. The molecule has 0 N–H and O–H groups in total. The first-order valence-electron chi connectivity index (χ1n) is 7.57. The summed E-state index contributed by atoms with van der Waals surface area (Å²) in [4.78, 5) is 4.87. The fraction of sp³-hybridized carbons (Fsp3) is 0.421. The van der Waals surface area contributed by atoms with E-state index in [0.29, 0.717) is 0 Å². The summed E-state index contributed by atoms with van der Waals surface area (Å²) >= 11 is 0. The SMILES string of the molecule is CC1(C)/C=N/C(c2ccccc2)C/C=C/CC/C=C/C1. The molecular weight excluding hydrogens is 242 g/mol. The Bertz CT molecular complexity index is 480. The van der Waals surface area contributed by atoms with Gasteiger partial charge in [0.25, 0.3) is 0 Å². The van der Waals surface area contributed by atoms with Crippen molar-refractivity contribution in [2.75, 3.05) is 0 Å². The van der Waals surface area contributed by atoms with Gasteiger partial charge in [0, 0.05) is 11.6 Å². The molecule has 0 saturated carbocycles. The van der Waals surface area contributed by atoms with Crippen LogP contribution in [0.15, 0.2) is 59.6 Å². The first kappa shape index (κ1) is 14.8. The van der Waals surface area contributed by atoms with Crippen LogP contribution in [-0.4, -0.2) is 6.21 Å². The highest BCUT2D eigenvalue weighted by atomic mass is 14.8. The van der Waals surface area contributed by atoms with Crippen molar-refractivity contribution >= 4 is 6.21 Å². The number of nitrogens with zero attached hydrogens (tertiary/aromatic N) is 1. The molecule has 0 amide bonds. The Labute approximate surface area is 123 Å². The second-order valence-corrected chi connectivity index (χ2v) is 6.15. The van der Waals surface area contributed by atoms with Crippen LogP contribution in [0.25, 0.3) is 0 Å². The van der Waals surface area contributed by atoms with Crippen LogP contribution in [0.5, 0.6) is 0 Å². The van der Waals surface area contributed by atoms with Crippen LogP contribution in [0.4, 0.5) is 0 Å². The molecule has 20 heavy (non-hydrogen) atoms. The molecule has 0 spiro atoms. The number of aliphatic imine (C=N–C) groups is 1. The molecule has 0 fully saturated rings. The quantitative estimate of drug-likeness (QED) is 0.595. The summed E-state index contributed by atoms with van der Waals surface area (Å²) in [6.07, 6.45) is 15.6. The molecule has 1 aromatic rings. The molecule has 1 heteroatoms. The molecule has 0 radical (unpaired) electrons. The Hall–Kier alpha value is -1.63. The minimum Gasteiger partial charge on any atom is -0.289 e. The van der Waals surface area contributed by atoms with Gasteiger partial charge in [0.05, 0.1) is 6.04 Å². The van der Waals surface area contributed by atoms with Crippen molar-refractivity contribution < 1.29 is 0 Å². The Kier molecular flexibility index (Phi) is 5.34. The van der Waals surface area contributed by atoms with Crippen molar-refractivity contribution in [1.82, 2.24) is 0 Å². The molecule has 1 aliphatic heterocycles. The van der Waals surface area contributed by atoms with E-state index in [2.05, 4.69) is 74.7 Å². The third kappa shape index (κ3) is 4.80. The van der Waals surface area contributed by atoms with Crippen LogP contribution < -0.4 is 0 Å². The van der Waals surface area contributed by atoms with Gasteiger partial charge in [0.1, 0.15) is 0 Å². The monoisotopic (exact) mass is 267 g/mol. The molecule has 1 unspecified atom stereocenters. The summed E-state index contributed by atoms with van der Waals surface area (Å²) in [5.41, 5.74) is 1.43. The van der Waals surface area contributed by atoms with Gasteiger partial charge in [-0.1, -0.05) is 68.5 Å². The molecule has 2 rings (SSSR count). The zero-order chi connectivity index (χ0) is 14.3. The van der Waals surface area contributed by atoms with Gasteiger partial charge in [-0.3, -0.25) is 4.99 Å². The predicted octanol–water partition coefficient (Wildman–Crippen LogP) is 5.51. The van der Waals surface area contributed by atoms with E-state index in [1.165, 1.54) is 5.56 Å². The predicted molar refractivity (Wildman–Crippen MR) is 88.2 cm³/mol. The first-order valence-corrected chi connectivity index (χ1v) is 7.57. The first-order chi connectivity index (χ1) is 9.67. The lowest BCUT2D eigenvalue weighted by Gasteiger charge is -2.19. The molecule has 0 bridgehead atoms. The molecule has 1 atom stereocenters. The minimum atomic E-state index is 0.131. The summed E-state index contributed by atoms with van der Waals surface area (Å²) in [5.74, 6) is 0. The van der Waals surface area contributed by atoms with E-state index in [4.69, 9.17) is 4.99 Å². The van der Waals surface area contributed by atoms with Gasteiger partial charge in [-0.15, -0.1) is 0 Å². The van der Waals surface area contributed by atoms with E-state index in [1.807, 2.05) is 0 Å². The maximum absolute atomic E-state index is 4.87. The lowest BCUT2D eigenvalue weighted by Crippen LogP contribution is -2.12. The van der Waals surface area contributed by atoms with Crippen molar-refractivity contribution in [2.45, 2.75) is 45.6 Å². The van der Waals surface area contributed by atoms with E-state index >= 15 is 0 Å². The molecule has 0 saturated heterocycles. The molecule has 0 aromatic heterocycles. The fourth-order valence-electron chi connectivity index (χ4n) is 2.34. The van der Waals surface area contributed by atoms with Gasteiger partial charge >= 0.3 is 0 Å². The molecular formula is C19H25N. The molecule has 1 aliphatic rings. The summed E-state index contributed by atoms with van der Waals surface area (Å²) in [6.45, 7) is 4.51.